The number of halogens is 2. The minimum Gasteiger partial charge on any atom is -0.480 e. The number of sulfone groups is 1. The number of carboxylic acids is 1. The van der Waals surface area contributed by atoms with Crippen molar-refractivity contribution in [3.8, 4) is 11.3 Å². The summed E-state index contributed by atoms with van der Waals surface area (Å²) in [6.45, 7) is 1.42. The van der Waals surface area contributed by atoms with Gasteiger partial charge >= 0.3 is 5.97 Å². The first-order valence-corrected chi connectivity index (χ1v) is 14.1. The number of aromatic nitrogens is 1. The minimum absolute atomic E-state index is 0.163. The predicted octanol–water partition coefficient (Wildman–Crippen LogP) is 5.60. The quantitative estimate of drug-likeness (QED) is 0.272. The van der Waals surface area contributed by atoms with Gasteiger partial charge in [0.1, 0.15) is 11.0 Å². The molecular weight excluding hydrogens is 580 g/mol. The highest BCUT2D eigenvalue weighted by atomic mass is 79.9. The molecule has 10 heteroatoms. The maximum Gasteiger partial charge on any atom is 0.318 e. The molecule has 1 heterocycles. The van der Waals surface area contributed by atoms with Crippen LogP contribution in [-0.4, -0.2) is 42.7 Å². The summed E-state index contributed by atoms with van der Waals surface area (Å²) in [6.07, 6.45) is 0. The smallest absolute Gasteiger partial charge is 0.318 e. The van der Waals surface area contributed by atoms with Crippen molar-refractivity contribution >= 4 is 60.1 Å². The van der Waals surface area contributed by atoms with Crippen LogP contribution in [0.4, 0.5) is 0 Å². The van der Waals surface area contributed by atoms with Gasteiger partial charge in [0, 0.05) is 27.0 Å². The summed E-state index contributed by atoms with van der Waals surface area (Å²) in [4.78, 5) is 29.7. The molecular formula is C27H22BrClN2O5S. The van der Waals surface area contributed by atoms with Gasteiger partial charge in [-0.1, -0.05) is 76.1 Å². The zero-order chi connectivity index (χ0) is 26.7. The summed E-state index contributed by atoms with van der Waals surface area (Å²) in [5.74, 6) is -3.10. The molecule has 3 aromatic carbocycles. The summed E-state index contributed by atoms with van der Waals surface area (Å²) in [5, 5.41) is 11.3. The summed E-state index contributed by atoms with van der Waals surface area (Å²) < 4.78 is 26.7. The van der Waals surface area contributed by atoms with Gasteiger partial charge in [-0.3, -0.25) is 9.59 Å². The highest BCUT2D eigenvalue weighted by molar-refractivity contribution is 9.10. The van der Waals surface area contributed by atoms with Crippen LogP contribution in [0.3, 0.4) is 0 Å². The number of carbonyl (C=O) groups is 2. The van der Waals surface area contributed by atoms with E-state index in [4.69, 9.17) is 16.6 Å². The lowest BCUT2D eigenvalue weighted by atomic mass is 9.97. The lowest BCUT2D eigenvalue weighted by Crippen LogP contribution is -2.34. The third kappa shape index (κ3) is 5.84. The molecule has 4 rings (SSSR count). The Morgan fingerprint density at radius 2 is 1.73 bits per heavy atom. The molecule has 1 unspecified atom stereocenters. The molecule has 1 amide bonds. The van der Waals surface area contributed by atoms with E-state index in [1.54, 1.807) is 31.2 Å². The molecule has 4 aromatic rings. The molecule has 0 spiro atoms. The first-order valence-electron chi connectivity index (χ1n) is 11.2. The number of nitrogens with one attached hydrogen (secondary N) is 1. The number of nitrogens with zero attached hydrogens (tertiary/aromatic N) is 1. The summed E-state index contributed by atoms with van der Waals surface area (Å²) in [7, 11) is -4.20. The van der Waals surface area contributed by atoms with Gasteiger partial charge in [-0.15, -0.1) is 0 Å². The highest BCUT2D eigenvalue weighted by Crippen LogP contribution is 2.32. The van der Waals surface area contributed by atoms with E-state index in [0.717, 1.165) is 10.0 Å². The summed E-state index contributed by atoms with van der Waals surface area (Å²) in [5.41, 5.74) is 3.24. The average molecular weight is 602 g/mol. The Morgan fingerprint density at radius 3 is 2.41 bits per heavy atom. The number of hydrogen-bond acceptors (Lipinski definition) is 5. The van der Waals surface area contributed by atoms with Crippen LogP contribution in [0.1, 0.15) is 26.7 Å². The Kier molecular flexibility index (Phi) is 7.96. The second-order valence-electron chi connectivity index (χ2n) is 8.41. The van der Waals surface area contributed by atoms with Crippen molar-refractivity contribution in [2.45, 2.75) is 12.2 Å². The van der Waals surface area contributed by atoms with Crippen LogP contribution >= 0.6 is 27.5 Å². The van der Waals surface area contributed by atoms with Crippen molar-refractivity contribution < 1.29 is 23.1 Å². The van der Waals surface area contributed by atoms with Crippen LogP contribution in [0.2, 0.25) is 5.02 Å². The van der Waals surface area contributed by atoms with Crippen molar-refractivity contribution in [1.29, 1.82) is 0 Å². The Hall–Kier alpha value is -3.27. The fourth-order valence-electron chi connectivity index (χ4n) is 4.21. The third-order valence-corrected chi connectivity index (χ3v) is 8.70. The van der Waals surface area contributed by atoms with E-state index < -0.39 is 32.7 Å². The standard InChI is InChI=1S/C27H22BrClN2O5S/c1-16-25(20-13-18(28)11-12-22(20)31-26(16)17-7-3-2-4-8-17)27(34)30-14-23(37(35,36)15-24(32)33)19-9-5-6-10-21(19)29/h2-13,23H,14-15H2,1H3,(H,30,34)(H,32,33). The molecule has 190 valence electrons. The topological polar surface area (TPSA) is 113 Å². The van der Waals surface area contributed by atoms with Crippen LogP contribution in [0, 0.1) is 6.92 Å². The fraction of sp³-hybridized carbons (Fsp3) is 0.148. The molecule has 0 saturated carbocycles. The van der Waals surface area contributed by atoms with Crippen LogP contribution < -0.4 is 5.32 Å². The van der Waals surface area contributed by atoms with Crippen molar-refractivity contribution in [3.63, 3.8) is 0 Å². The summed E-state index contributed by atoms with van der Waals surface area (Å²) >= 11 is 9.71. The van der Waals surface area contributed by atoms with E-state index in [-0.39, 0.29) is 17.1 Å². The van der Waals surface area contributed by atoms with Crippen molar-refractivity contribution in [2.75, 3.05) is 12.3 Å². The lowest BCUT2D eigenvalue weighted by molar-refractivity contribution is -0.134. The predicted molar refractivity (Wildman–Crippen MR) is 148 cm³/mol. The van der Waals surface area contributed by atoms with Gasteiger partial charge in [0.15, 0.2) is 9.84 Å². The van der Waals surface area contributed by atoms with Crippen molar-refractivity contribution in [3.05, 3.63) is 99.0 Å². The minimum atomic E-state index is -4.20. The zero-order valence-electron chi connectivity index (χ0n) is 19.6. The van der Waals surface area contributed by atoms with Crippen LogP contribution in [0.25, 0.3) is 22.2 Å². The molecule has 7 nitrogen and oxygen atoms in total. The first kappa shape index (κ1) is 26.8. The average Bonchev–Trinajstić information content (AvgIpc) is 2.84. The number of benzene rings is 3. The number of carbonyl (C=O) groups excluding carboxylic acids is 1. The SMILES string of the molecule is Cc1c(-c2ccccc2)nc2ccc(Br)cc2c1C(=O)NCC(c1ccccc1Cl)S(=O)(=O)CC(=O)O. The van der Waals surface area contributed by atoms with E-state index in [1.165, 1.54) is 12.1 Å². The lowest BCUT2D eigenvalue weighted by Gasteiger charge is -2.20. The molecule has 0 bridgehead atoms. The Balaban J connectivity index is 1.78. The van der Waals surface area contributed by atoms with E-state index in [0.29, 0.717) is 27.7 Å². The molecule has 1 atom stereocenters. The van der Waals surface area contributed by atoms with Crippen LogP contribution in [0.5, 0.6) is 0 Å². The summed E-state index contributed by atoms with van der Waals surface area (Å²) in [6, 6.07) is 21.1. The van der Waals surface area contributed by atoms with Gasteiger partial charge in [-0.05, 0) is 42.3 Å². The van der Waals surface area contributed by atoms with E-state index in [2.05, 4.69) is 21.2 Å². The highest BCUT2D eigenvalue weighted by Gasteiger charge is 2.32. The van der Waals surface area contributed by atoms with E-state index in [9.17, 15) is 23.1 Å². The first-order chi connectivity index (χ1) is 17.6. The largest absolute Gasteiger partial charge is 0.480 e. The Morgan fingerprint density at radius 1 is 1.05 bits per heavy atom. The fourth-order valence-corrected chi connectivity index (χ4v) is 6.38. The zero-order valence-corrected chi connectivity index (χ0v) is 22.8. The van der Waals surface area contributed by atoms with E-state index in [1.807, 2.05) is 36.4 Å². The second-order valence-corrected chi connectivity index (χ2v) is 11.9. The Bertz CT molecular complexity index is 1610. The number of carboxylic acid groups (broad SMARTS) is 1. The number of hydrogen-bond donors (Lipinski definition) is 2. The monoisotopic (exact) mass is 600 g/mol. The maximum absolute atomic E-state index is 13.6. The molecule has 37 heavy (non-hydrogen) atoms. The maximum atomic E-state index is 13.6. The van der Waals surface area contributed by atoms with Crippen molar-refractivity contribution in [2.24, 2.45) is 0 Å². The molecule has 0 aliphatic heterocycles. The van der Waals surface area contributed by atoms with Gasteiger partial charge in [0.05, 0.1) is 16.8 Å². The third-order valence-electron chi connectivity index (χ3n) is 5.92. The number of pyridine rings is 1. The number of fused-ring (bicyclic) bond motifs is 1. The molecule has 0 saturated heterocycles. The molecule has 0 aliphatic carbocycles. The molecule has 1 aromatic heterocycles. The second kappa shape index (κ2) is 11.0. The van der Waals surface area contributed by atoms with Gasteiger partial charge < -0.3 is 10.4 Å². The van der Waals surface area contributed by atoms with Gasteiger partial charge in [-0.2, -0.15) is 0 Å². The molecule has 0 aliphatic rings. The van der Waals surface area contributed by atoms with Gasteiger partial charge in [0.25, 0.3) is 5.91 Å². The van der Waals surface area contributed by atoms with Gasteiger partial charge in [0.2, 0.25) is 0 Å². The molecule has 0 radical (unpaired) electrons. The van der Waals surface area contributed by atoms with Crippen LogP contribution in [0.15, 0.2) is 77.3 Å². The molecule has 0 fully saturated rings. The Labute approximate surface area is 227 Å². The van der Waals surface area contributed by atoms with Gasteiger partial charge in [-0.25, -0.2) is 13.4 Å². The van der Waals surface area contributed by atoms with Crippen molar-refractivity contribution in [1.82, 2.24) is 10.3 Å². The normalized spacial score (nSPS) is 12.3. The van der Waals surface area contributed by atoms with Crippen LogP contribution in [-0.2, 0) is 14.6 Å². The number of rotatable bonds is 8. The van der Waals surface area contributed by atoms with E-state index >= 15 is 0 Å². The number of aliphatic carboxylic acids is 1. The number of amides is 1. The molecule has 2 N–H and O–H groups in total.